The Morgan fingerprint density at radius 3 is 2.45 bits per heavy atom. The number of halogens is 3. The summed E-state index contributed by atoms with van der Waals surface area (Å²) in [5.74, 6) is 1.89. The van der Waals surface area contributed by atoms with Crippen LogP contribution < -0.4 is 5.32 Å². The molecule has 1 aromatic heterocycles. The van der Waals surface area contributed by atoms with Crippen LogP contribution in [0.15, 0.2) is 33.8 Å². The summed E-state index contributed by atoms with van der Waals surface area (Å²) in [5, 5.41) is 7.26. The smallest absolute Gasteiger partial charge is 0.349 e. The van der Waals surface area contributed by atoms with E-state index in [1.807, 2.05) is 20.8 Å². The Morgan fingerprint density at radius 2 is 1.87 bits per heavy atom. The minimum atomic E-state index is -4.32. The van der Waals surface area contributed by atoms with Crippen molar-refractivity contribution in [3.8, 4) is 0 Å². The number of guanidine groups is 1. The molecule has 0 radical (unpaired) electrons. The number of rotatable bonds is 4. The first kappa shape index (κ1) is 23.1. The molecule has 0 unspecified atom stereocenters. The third kappa shape index (κ3) is 6.19. The molecule has 1 aliphatic rings. The van der Waals surface area contributed by atoms with Crippen LogP contribution in [0.2, 0.25) is 0 Å². The number of hydrogen-bond donors (Lipinski definition) is 1. The molecule has 10 heteroatoms. The number of piperazine rings is 1. The van der Waals surface area contributed by atoms with E-state index in [2.05, 4.69) is 30.2 Å². The molecule has 1 aliphatic heterocycles. The second-order valence-corrected chi connectivity index (χ2v) is 8.63. The van der Waals surface area contributed by atoms with Gasteiger partial charge in [-0.2, -0.15) is 18.2 Å². The number of benzene rings is 1. The minimum Gasteiger partial charge on any atom is -0.349 e. The highest BCUT2D eigenvalue weighted by Crippen LogP contribution is 2.29. The monoisotopic (exact) mass is 438 g/mol. The fourth-order valence-electron chi connectivity index (χ4n) is 3.34. The Labute approximate surface area is 180 Å². The largest absolute Gasteiger partial charge is 0.416 e. The zero-order chi connectivity index (χ0) is 22.6. The topological polar surface area (TPSA) is 69.8 Å². The van der Waals surface area contributed by atoms with Gasteiger partial charge in [-0.05, 0) is 11.6 Å². The van der Waals surface area contributed by atoms with Crippen LogP contribution in [0.5, 0.6) is 0 Å². The van der Waals surface area contributed by atoms with Crippen molar-refractivity contribution in [1.82, 2.24) is 25.3 Å². The first-order valence-corrected chi connectivity index (χ1v) is 10.2. The van der Waals surface area contributed by atoms with Crippen molar-refractivity contribution in [3.05, 3.63) is 47.1 Å². The van der Waals surface area contributed by atoms with Crippen LogP contribution in [0.3, 0.4) is 0 Å². The lowest BCUT2D eigenvalue weighted by Crippen LogP contribution is -2.52. The summed E-state index contributed by atoms with van der Waals surface area (Å²) < 4.78 is 44.1. The number of alkyl halides is 3. The Bertz CT molecular complexity index is 895. The number of nitrogens with zero attached hydrogens (tertiary/aromatic N) is 5. The number of nitrogens with one attached hydrogen (secondary N) is 1. The average molecular weight is 438 g/mol. The molecule has 2 aromatic rings. The maximum atomic E-state index is 12.9. The van der Waals surface area contributed by atoms with Crippen LogP contribution in [0.4, 0.5) is 13.2 Å². The maximum Gasteiger partial charge on any atom is 0.416 e. The van der Waals surface area contributed by atoms with Crippen molar-refractivity contribution in [3.63, 3.8) is 0 Å². The van der Waals surface area contributed by atoms with Gasteiger partial charge in [-0.3, -0.25) is 9.89 Å². The second-order valence-electron chi connectivity index (χ2n) is 8.63. The third-order valence-corrected chi connectivity index (χ3v) is 5.06. The summed E-state index contributed by atoms with van der Waals surface area (Å²) in [4.78, 5) is 13.0. The van der Waals surface area contributed by atoms with Crippen molar-refractivity contribution in [2.45, 2.75) is 45.5 Å². The van der Waals surface area contributed by atoms with E-state index in [4.69, 9.17) is 4.52 Å². The van der Waals surface area contributed by atoms with E-state index < -0.39 is 11.7 Å². The highest BCUT2D eigenvalue weighted by molar-refractivity contribution is 5.79. The van der Waals surface area contributed by atoms with Crippen LogP contribution in [0, 0.1) is 0 Å². The lowest BCUT2D eigenvalue weighted by Gasteiger charge is -2.36. The molecular formula is C21H29F3N6O. The summed E-state index contributed by atoms with van der Waals surface area (Å²) in [6, 6.07) is 5.52. The molecule has 3 rings (SSSR count). The zero-order valence-corrected chi connectivity index (χ0v) is 18.3. The molecule has 31 heavy (non-hydrogen) atoms. The summed E-state index contributed by atoms with van der Waals surface area (Å²) in [6.07, 6.45) is -4.32. The predicted molar refractivity (Wildman–Crippen MR) is 111 cm³/mol. The highest BCUT2D eigenvalue weighted by atomic mass is 19.4. The molecule has 170 valence electrons. The summed E-state index contributed by atoms with van der Waals surface area (Å²) in [5.41, 5.74) is -0.148. The fourth-order valence-corrected chi connectivity index (χ4v) is 3.34. The van der Waals surface area contributed by atoms with Gasteiger partial charge in [-0.15, -0.1) is 0 Å². The van der Waals surface area contributed by atoms with Gasteiger partial charge in [0.15, 0.2) is 11.8 Å². The normalized spacial score (nSPS) is 16.6. The molecule has 1 aromatic carbocycles. The van der Waals surface area contributed by atoms with E-state index in [9.17, 15) is 13.2 Å². The molecule has 1 fully saturated rings. The molecular weight excluding hydrogens is 409 g/mol. The van der Waals surface area contributed by atoms with Gasteiger partial charge < -0.3 is 14.7 Å². The van der Waals surface area contributed by atoms with Gasteiger partial charge in [0, 0.05) is 45.2 Å². The molecule has 0 bridgehead atoms. The Kier molecular flexibility index (Phi) is 6.88. The molecule has 1 saturated heterocycles. The van der Waals surface area contributed by atoms with Crippen LogP contribution in [0.1, 0.15) is 43.6 Å². The third-order valence-electron chi connectivity index (χ3n) is 5.06. The molecule has 1 N–H and O–H groups in total. The zero-order valence-electron chi connectivity index (χ0n) is 18.3. The Hall–Kier alpha value is -2.62. The molecule has 0 atom stereocenters. The van der Waals surface area contributed by atoms with Crippen molar-refractivity contribution in [2.75, 3.05) is 33.2 Å². The standard InChI is InChI=1S/C21H29F3N6O/c1-20(2,3)18-27-17(28-31-18)13-26-19(25-4)30-10-8-29(9-11-30)14-15-6-5-7-16(12-15)21(22,23)24/h5-7,12H,8-11,13-14H2,1-4H3,(H,25,26). The predicted octanol–water partition coefficient (Wildman–Crippen LogP) is 3.28. The van der Waals surface area contributed by atoms with Crippen molar-refractivity contribution in [2.24, 2.45) is 4.99 Å². The molecule has 0 aliphatic carbocycles. The lowest BCUT2D eigenvalue weighted by molar-refractivity contribution is -0.137. The number of aliphatic imine (C=N–C) groups is 1. The molecule has 0 spiro atoms. The first-order valence-electron chi connectivity index (χ1n) is 10.2. The van der Waals surface area contributed by atoms with Gasteiger partial charge >= 0.3 is 6.18 Å². The Morgan fingerprint density at radius 1 is 1.16 bits per heavy atom. The SMILES string of the molecule is CN=C(NCc1noc(C(C)(C)C)n1)N1CCN(Cc2cccc(C(F)(F)F)c2)CC1. The number of aromatic nitrogens is 2. The summed E-state index contributed by atoms with van der Waals surface area (Å²) >= 11 is 0. The van der Waals surface area contributed by atoms with Gasteiger partial charge in [0.1, 0.15) is 0 Å². The van der Waals surface area contributed by atoms with E-state index in [-0.39, 0.29) is 5.41 Å². The van der Waals surface area contributed by atoms with Gasteiger partial charge in [0.2, 0.25) is 5.89 Å². The fraction of sp³-hybridized carbons (Fsp3) is 0.571. The van der Waals surface area contributed by atoms with Gasteiger partial charge in [0.25, 0.3) is 0 Å². The van der Waals surface area contributed by atoms with Crippen molar-refractivity contribution < 1.29 is 17.7 Å². The summed E-state index contributed by atoms with van der Waals surface area (Å²) in [6.45, 7) is 9.82. The van der Waals surface area contributed by atoms with Crippen molar-refractivity contribution >= 4 is 5.96 Å². The van der Waals surface area contributed by atoms with E-state index >= 15 is 0 Å². The van der Waals surface area contributed by atoms with Gasteiger partial charge in [-0.1, -0.05) is 44.1 Å². The quantitative estimate of drug-likeness (QED) is 0.584. The van der Waals surface area contributed by atoms with Crippen LogP contribution in [-0.4, -0.2) is 59.1 Å². The van der Waals surface area contributed by atoms with Gasteiger partial charge in [-0.25, -0.2) is 0 Å². The minimum absolute atomic E-state index is 0.205. The van der Waals surface area contributed by atoms with Gasteiger partial charge in [0.05, 0.1) is 12.1 Å². The molecule has 0 saturated carbocycles. The van der Waals surface area contributed by atoms with E-state index in [0.717, 1.165) is 38.2 Å². The average Bonchev–Trinajstić information content (AvgIpc) is 3.19. The number of hydrogen-bond acceptors (Lipinski definition) is 5. The first-order chi connectivity index (χ1) is 14.6. The Balaban J connectivity index is 1.51. The van der Waals surface area contributed by atoms with E-state index in [0.29, 0.717) is 30.4 Å². The van der Waals surface area contributed by atoms with Crippen molar-refractivity contribution in [1.29, 1.82) is 0 Å². The second kappa shape index (κ2) is 9.25. The van der Waals surface area contributed by atoms with E-state index in [1.54, 1.807) is 13.1 Å². The van der Waals surface area contributed by atoms with Crippen LogP contribution in [0.25, 0.3) is 0 Å². The maximum absolute atomic E-state index is 12.9. The molecule has 0 amide bonds. The summed E-state index contributed by atoms with van der Waals surface area (Å²) in [7, 11) is 1.72. The van der Waals surface area contributed by atoms with E-state index in [1.165, 1.54) is 12.1 Å². The van der Waals surface area contributed by atoms with Crippen LogP contribution in [-0.2, 0) is 24.7 Å². The molecule has 7 nitrogen and oxygen atoms in total. The highest BCUT2D eigenvalue weighted by Gasteiger charge is 2.30. The molecule has 2 heterocycles. The lowest BCUT2D eigenvalue weighted by atomic mass is 9.97. The van der Waals surface area contributed by atoms with Crippen LogP contribution >= 0.6 is 0 Å².